The van der Waals surface area contributed by atoms with Gasteiger partial charge in [0.2, 0.25) is 15.0 Å². The van der Waals surface area contributed by atoms with Crippen molar-refractivity contribution in [2.45, 2.75) is 18.3 Å². The smallest absolute Gasteiger partial charge is 0.335 e. The SMILES string of the molecule is CS(=O)(=O)c1ncc2c(n1)N(c1ccc(CO)cc1)C(=O)N(c1ccccc1Br)C2. The summed E-state index contributed by atoms with van der Waals surface area (Å²) in [5.41, 5.74) is 2.44. The first-order chi connectivity index (χ1) is 14.3. The number of hydrogen-bond donors (Lipinski definition) is 1. The maximum atomic E-state index is 13.5. The van der Waals surface area contributed by atoms with E-state index in [9.17, 15) is 18.3 Å². The lowest BCUT2D eigenvalue weighted by molar-refractivity contribution is 0.252. The molecule has 154 valence electrons. The molecule has 0 fully saturated rings. The zero-order valence-electron chi connectivity index (χ0n) is 15.9. The van der Waals surface area contributed by atoms with E-state index in [1.807, 2.05) is 24.3 Å². The summed E-state index contributed by atoms with van der Waals surface area (Å²) in [6.45, 7) is 0.0559. The molecule has 0 radical (unpaired) electrons. The van der Waals surface area contributed by atoms with Gasteiger partial charge in [-0.15, -0.1) is 0 Å². The summed E-state index contributed by atoms with van der Waals surface area (Å²) in [5, 5.41) is 8.97. The van der Waals surface area contributed by atoms with Crippen LogP contribution < -0.4 is 9.80 Å². The van der Waals surface area contributed by atoms with Crippen LogP contribution in [0.25, 0.3) is 0 Å². The second-order valence-electron chi connectivity index (χ2n) is 6.75. The summed E-state index contributed by atoms with van der Waals surface area (Å²) < 4.78 is 24.7. The van der Waals surface area contributed by atoms with Crippen molar-refractivity contribution in [3.63, 3.8) is 0 Å². The Bertz CT molecular complexity index is 1230. The van der Waals surface area contributed by atoms with Crippen molar-refractivity contribution in [2.75, 3.05) is 16.1 Å². The fraction of sp³-hybridized carbons (Fsp3) is 0.150. The van der Waals surface area contributed by atoms with Gasteiger partial charge in [0.15, 0.2) is 5.82 Å². The molecule has 1 aliphatic rings. The normalized spacial score (nSPS) is 14.0. The van der Waals surface area contributed by atoms with Crippen molar-refractivity contribution < 1.29 is 18.3 Å². The lowest BCUT2D eigenvalue weighted by Gasteiger charge is -2.36. The Hall–Kier alpha value is -2.82. The maximum absolute atomic E-state index is 13.5. The molecule has 10 heteroatoms. The number of aromatic nitrogens is 2. The molecule has 1 N–H and O–H groups in total. The summed E-state index contributed by atoms with van der Waals surface area (Å²) in [6.07, 6.45) is 2.46. The van der Waals surface area contributed by atoms with E-state index in [1.165, 1.54) is 11.1 Å². The third kappa shape index (κ3) is 3.69. The quantitative estimate of drug-likeness (QED) is 0.564. The highest BCUT2D eigenvalue weighted by Gasteiger charge is 2.35. The molecule has 8 nitrogen and oxygen atoms in total. The van der Waals surface area contributed by atoms with Crippen LogP contribution in [0.3, 0.4) is 0 Å². The number of carbonyl (C=O) groups is 1. The Balaban J connectivity index is 1.90. The Morgan fingerprint density at radius 2 is 1.83 bits per heavy atom. The van der Waals surface area contributed by atoms with Crippen LogP contribution in [0, 0.1) is 0 Å². The van der Waals surface area contributed by atoms with Gasteiger partial charge in [0.25, 0.3) is 0 Å². The number of carbonyl (C=O) groups excluding carboxylic acids is 1. The van der Waals surface area contributed by atoms with Crippen LogP contribution >= 0.6 is 15.9 Å². The standard InChI is InChI=1S/C20H17BrN4O4S/c1-30(28,29)19-22-10-14-11-24(17-5-3-2-4-16(17)21)20(27)25(18(14)23-19)15-8-6-13(12-26)7-9-15/h2-10,26H,11-12H2,1H3. The fourth-order valence-electron chi connectivity index (χ4n) is 3.16. The minimum Gasteiger partial charge on any atom is -0.392 e. The average molecular weight is 489 g/mol. The Kier molecular flexibility index (Phi) is 5.31. The topological polar surface area (TPSA) is 104 Å². The minimum atomic E-state index is -3.66. The number of anilines is 3. The number of nitrogens with zero attached hydrogens (tertiary/aromatic N) is 4. The fourth-order valence-corrected chi connectivity index (χ4v) is 4.15. The van der Waals surface area contributed by atoms with Gasteiger partial charge >= 0.3 is 6.03 Å². The van der Waals surface area contributed by atoms with Crippen molar-refractivity contribution in [1.29, 1.82) is 0 Å². The molecule has 3 aromatic rings. The lowest BCUT2D eigenvalue weighted by Crippen LogP contribution is -2.45. The van der Waals surface area contributed by atoms with Gasteiger partial charge in [0.1, 0.15) is 0 Å². The van der Waals surface area contributed by atoms with E-state index in [0.29, 0.717) is 22.5 Å². The van der Waals surface area contributed by atoms with Crippen LogP contribution in [-0.2, 0) is 23.0 Å². The first-order valence-electron chi connectivity index (χ1n) is 8.91. The molecule has 0 bridgehead atoms. The third-order valence-electron chi connectivity index (χ3n) is 4.63. The monoisotopic (exact) mass is 488 g/mol. The molecule has 30 heavy (non-hydrogen) atoms. The van der Waals surface area contributed by atoms with Crippen molar-refractivity contribution in [3.8, 4) is 0 Å². The molecule has 2 aromatic carbocycles. The number of benzene rings is 2. The van der Waals surface area contributed by atoms with Crippen LogP contribution in [0.5, 0.6) is 0 Å². The molecule has 4 rings (SSSR count). The molecule has 0 spiro atoms. The van der Waals surface area contributed by atoms with Crippen molar-refractivity contribution in [3.05, 3.63) is 70.3 Å². The van der Waals surface area contributed by atoms with E-state index in [0.717, 1.165) is 10.7 Å². The predicted molar refractivity (Wildman–Crippen MR) is 115 cm³/mol. The molecule has 2 amide bonds. The maximum Gasteiger partial charge on any atom is 0.335 e. The van der Waals surface area contributed by atoms with Crippen LogP contribution in [-0.4, -0.2) is 35.8 Å². The predicted octanol–water partition coefficient (Wildman–Crippen LogP) is 3.41. The van der Waals surface area contributed by atoms with E-state index >= 15 is 0 Å². The highest BCUT2D eigenvalue weighted by atomic mass is 79.9. The molecule has 0 aliphatic carbocycles. The number of aliphatic hydroxyl groups excluding tert-OH is 1. The van der Waals surface area contributed by atoms with Gasteiger partial charge < -0.3 is 5.11 Å². The van der Waals surface area contributed by atoms with Crippen molar-refractivity contribution in [2.24, 2.45) is 0 Å². The van der Waals surface area contributed by atoms with E-state index < -0.39 is 9.84 Å². The highest BCUT2D eigenvalue weighted by Crippen LogP contribution is 2.38. The largest absolute Gasteiger partial charge is 0.392 e. The molecule has 1 aromatic heterocycles. The second-order valence-corrected chi connectivity index (χ2v) is 9.52. The molecular weight excluding hydrogens is 472 g/mol. The summed E-state index contributed by atoms with van der Waals surface area (Å²) in [7, 11) is -3.66. The number of hydrogen-bond acceptors (Lipinski definition) is 6. The number of para-hydroxylation sites is 1. The van der Waals surface area contributed by atoms with Gasteiger partial charge in [-0.3, -0.25) is 4.90 Å². The first-order valence-corrected chi connectivity index (χ1v) is 11.6. The molecule has 0 atom stereocenters. The van der Waals surface area contributed by atoms with E-state index in [2.05, 4.69) is 25.9 Å². The van der Waals surface area contributed by atoms with Gasteiger partial charge in [0, 0.05) is 22.5 Å². The third-order valence-corrected chi connectivity index (χ3v) is 6.16. The zero-order chi connectivity index (χ0) is 21.5. The highest BCUT2D eigenvalue weighted by molar-refractivity contribution is 9.10. The molecule has 0 saturated carbocycles. The summed E-state index contributed by atoms with van der Waals surface area (Å²) in [4.78, 5) is 24.6. The van der Waals surface area contributed by atoms with Crippen LogP contribution in [0.4, 0.5) is 22.0 Å². The minimum absolute atomic E-state index is 0.131. The molecule has 1 aliphatic heterocycles. The summed E-state index contributed by atoms with van der Waals surface area (Å²) in [5.74, 6) is 0.218. The Morgan fingerprint density at radius 3 is 2.47 bits per heavy atom. The number of rotatable bonds is 4. The van der Waals surface area contributed by atoms with Gasteiger partial charge in [-0.05, 0) is 45.8 Å². The van der Waals surface area contributed by atoms with Crippen LogP contribution in [0.2, 0.25) is 0 Å². The van der Waals surface area contributed by atoms with E-state index in [4.69, 9.17) is 0 Å². The molecule has 0 unspecified atom stereocenters. The van der Waals surface area contributed by atoms with Gasteiger partial charge in [-0.2, -0.15) is 4.98 Å². The van der Waals surface area contributed by atoms with Crippen LogP contribution in [0.15, 0.2) is 64.4 Å². The lowest BCUT2D eigenvalue weighted by atomic mass is 10.1. The van der Waals surface area contributed by atoms with Gasteiger partial charge in [0.05, 0.1) is 24.5 Å². The number of fused-ring (bicyclic) bond motifs is 1. The number of halogens is 1. The Morgan fingerprint density at radius 1 is 1.13 bits per heavy atom. The number of urea groups is 1. The van der Waals surface area contributed by atoms with E-state index in [1.54, 1.807) is 29.2 Å². The Labute approximate surface area is 181 Å². The number of aliphatic hydroxyl groups is 1. The average Bonchev–Trinajstić information content (AvgIpc) is 2.73. The van der Waals surface area contributed by atoms with Gasteiger partial charge in [-0.1, -0.05) is 24.3 Å². The zero-order valence-corrected chi connectivity index (χ0v) is 18.3. The van der Waals surface area contributed by atoms with Crippen molar-refractivity contribution in [1.82, 2.24) is 9.97 Å². The molecular formula is C20H17BrN4O4S. The van der Waals surface area contributed by atoms with E-state index in [-0.39, 0.29) is 30.2 Å². The van der Waals surface area contributed by atoms with Crippen LogP contribution in [0.1, 0.15) is 11.1 Å². The first kappa shape index (κ1) is 20.5. The summed E-state index contributed by atoms with van der Waals surface area (Å²) >= 11 is 3.48. The summed E-state index contributed by atoms with van der Waals surface area (Å²) in [6, 6.07) is 13.7. The number of amides is 2. The van der Waals surface area contributed by atoms with Gasteiger partial charge in [-0.25, -0.2) is 23.1 Å². The number of sulfone groups is 1. The second kappa shape index (κ2) is 7.78. The van der Waals surface area contributed by atoms with Crippen molar-refractivity contribution >= 4 is 49.0 Å². The molecule has 2 heterocycles. The molecule has 0 saturated heterocycles.